The summed E-state index contributed by atoms with van der Waals surface area (Å²) in [6.45, 7) is 8.08. The summed E-state index contributed by atoms with van der Waals surface area (Å²) in [5, 5.41) is 4.72. The van der Waals surface area contributed by atoms with Crippen molar-refractivity contribution in [2.24, 2.45) is 0 Å². The van der Waals surface area contributed by atoms with Gasteiger partial charge >= 0.3 is 0 Å². The smallest absolute Gasteiger partial charge is 0.124 e. The van der Waals surface area contributed by atoms with Crippen molar-refractivity contribution in [1.82, 2.24) is 10.3 Å². The molecular formula is C17H24N2OS. The zero-order chi connectivity index (χ0) is 15.1. The number of aromatic nitrogens is 1. The van der Waals surface area contributed by atoms with E-state index < -0.39 is 0 Å². The van der Waals surface area contributed by atoms with Crippen LogP contribution in [0.2, 0.25) is 0 Å². The number of rotatable bonds is 8. The first kappa shape index (κ1) is 16.0. The minimum Gasteiger partial charge on any atom is -0.493 e. The fourth-order valence-corrected chi connectivity index (χ4v) is 3.11. The summed E-state index contributed by atoms with van der Waals surface area (Å²) >= 11 is 1.74. The lowest BCUT2D eigenvalue weighted by atomic mass is 10.0. The van der Waals surface area contributed by atoms with Crippen molar-refractivity contribution in [3.8, 4) is 5.75 Å². The number of nitrogens with one attached hydrogen (secondary N) is 1. The Morgan fingerprint density at radius 2 is 2.05 bits per heavy atom. The van der Waals surface area contributed by atoms with Gasteiger partial charge in [-0.25, -0.2) is 4.98 Å². The molecule has 1 N–H and O–H groups in total. The molecule has 2 aromatic rings. The Balaban J connectivity index is 2.31. The van der Waals surface area contributed by atoms with Gasteiger partial charge in [-0.3, -0.25) is 0 Å². The summed E-state index contributed by atoms with van der Waals surface area (Å²) in [7, 11) is 0. The summed E-state index contributed by atoms with van der Waals surface area (Å²) in [5.74, 6) is 0.971. The Hall–Kier alpha value is -1.39. The second-order valence-electron chi connectivity index (χ2n) is 5.06. The molecule has 2 rings (SSSR count). The molecular weight excluding hydrogens is 280 g/mol. The predicted molar refractivity (Wildman–Crippen MR) is 89.2 cm³/mol. The maximum Gasteiger partial charge on any atom is 0.124 e. The zero-order valence-electron chi connectivity index (χ0n) is 13.1. The molecule has 0 aliphatic rings. The number of ether oxygens (including phenoxy) is 1. The highest BCUT2D eigenvalue weighted by Gasteiger charge is 2.19. The average molecular weight is 304 g/mol. The van der Waals surface area contributed by atoms with Crippen molar-refractivity contribution in [2.45, 2.75) is 39.7 Å². The summed E-state index contributed by atoms with van der Waals surface area (Å²) in [5.41, 5.74) is 1.20. The Labute approximate surface area is 131 Å². The normalized spacial score (nSPS) is 12.3. The second-order valence-corrected chi connectivity index (χ2v) is 6.32. The molecule has 3 nitrogen and oxygen atoms in total. The molecule has 114 valence electrons. The first-order valence-corrected chi connectivity index (χ1v) is 8.45. The van der Waals surface area contributed by atoms with Crippen molar-refractivity contribution < 1.29 is 4.74 Å². The van der Waals surface area contributed by atoms with Crippen molar-refractivity contribution in [2.75, 3.05) is 13.2 Å². The fraction of sp³-hybridized carbons (Fsp3) is 0.471. The van der Waals surface area contributed by atoms with Gasteiger partial charge in [0.1, 0.15) is 5.75 Å². The van der Waals surface area contributed by atoms with Crippen LogP contribution in [-0.4, -0.2) is 18.1 Å². The van der Waals surface area contributed by atoms with Gasteiger partial charge in [0.05, 0.1) is 17.7 Å². The third kappa shape index (κ3) is 4.29. The van der Waals surface area contributed by atoms with E-state index in [0.29, 0.717) is 0 Å². The molecule has 4 heteroatoms. The van der Waals surface area contributed by atoms with Gasteiger partial charge in [0.25, 0.3) is 0 Å². The van der Waals surface area contributed by atoms with Crippen molar-refractivity contribution in [3.05, 3.63) is 45.9 Å². The summed E-state index contributed by atoms with van der Waals surface area (Å²) in [6, 6.07) is 8.46. The van der Waals surface area contributed by atoms with Crippen LogP contribution in [0.15, 0.2) is 30.5 Å². The Morgan fingerprint density at radius 3 is 2.71 bits per heavy atom. The molecule has 0 amide bonds. The first-order valence-electron chi connectivity index (χ1n) is 7.63. The number of benzene rings is 1. The molecule has 1 atom stereocenters. The monoisotopic (exact) mass is 304 g/mol. The van der Waals surface area contributed by atoms with E-state index in [1.54, 1.807) is 11.3 Å². The topological polar surface area (TPSA) is 34.2 Å². The van der Waals surface area contributed by atoms with Gasteiger partial charge in [-0.15, -0.1) is 11.3 Å². The van der Waals surface area contributed by atoms with E-state index in [-0.39, 0.29) is 6.04 Å². The SMILES string of the molecule is CCCNC(c1cnc(C)s1)c1ccccc1OCCC. The van der Waals surface area contributed by atoms with E-state index in [4.69, 9.17) is 4.74 Å². The number of nitrogens with zero attached hydrogens (tertiary/aromatic N) is 1. The second kappa shape index (κ2) is 8.15. The molecule has 0 bridgehead atoms. The largest absolute Gasteiger partial charge is 0.493 e. The molecule has 0 aliphatic carbocycles. The maximum absolute atomic E-state index is 5.92. The Kier molecular flexibility index (Phi) is 6.21. The minimum absolute atomic E-state index is 0.157. The molecule has 0 spiro atoms. The van der Waals surface area contributed by atoms with Gasteiger partial charge in [-0.1, -0.05) is 32.0 Å². The molecule has 1 aromatic heterocycles. The van der Waals surface area contributed by atoms with Crippen LogP contribution in [0, 0.1) is 6.92 Å². The van der Waals surface area contributed by atoms with Gasteiger partial charge in [0.15, 0.2) is 0 Å². The Bertz CT molecular complexity index is 553. The molecule has 0 aliphatic heterocycles. The minimum atomic E-state index is 0.157. The number of hydrogen-bond acceptors (Lipinski definition) is 4. The summed E-state index contributed by atoms with van der Waals surface area (Å²) in [4.78, 5) is 5.64. The first-order chi connectivity index (χ1) is 10.3. The van der Waals surface area contributed by atoms with E-state index in [2.05, 4.69) is 42.3 Å². The number of thiazole rings is 1. The Morgan fingerprint density at radius 1 is 1.24 bits per heavy atom. The van der Waals surface area contributed by atoms with Crippen LogP contribution in [0.1, 0.15) is 48.2 Å². The van der Waals surface area contributed by atoms with Crippen LogP contribution in [0.3, 0.4) is 0 Å². The van der Waals surface area contributed by atoms with Crippen molar-refractivity contribution >= 4 is 11.3 Å². The number of aryl methyl sites for hydroxylation is 1. The number of hydrogen-bond donors (Lipinski definition) is 1. The van der Waals surface area contributed by atoms with Gasteiger partial charge < -0.3 is 10.1 Å². The van der Waals surface area contributed by atoms with Crippen LogP contribution in [-0.2, 0) is 0 Å². The van der Waals surface area contributed by atoms with Gasteiger partial charge in [0.2, 0.25) is 0 Å². The molecule has 1 aromatic carbocycles. The molecule has 0 fully saturated rings. The van der Waals surface area contributed by atoms with E-state index in [0.717, 1.165) is 36.8 Å². The third-order valence-corrected chi connectivity index (χ3v) is 4.19. The van der Waals surface area contributed by atoms with Gasteiger partial charge in [0, 0.05) is 16.6 Å². The lowest BCUT2D eigenvalue weighted by Gasteiger charge is -2.20. The van der Waals surface area contributed by atoms with E-state index in [9.17, 15) is 0 Å². The quantitative estimate of drug-likeness (QED) is 0.788. The summed E-state index contributed by atoms with van der Waals surface area (Å²) < 4.78 is 5.92. The van der Waals surface area contributed by atoms with E-state index >= 15 is 0 Å². The highest BCUT2D eigenvalue weighted by Crippen LogP contribution is 2.32. The maximum atomic E-state index is 5.92. The van der Waals surface area contributed by atoms with E-state index in [1.807, 2.05) is 19.2 Å². The molecule has 0 saturated heterocycles. The van der Waals surface area contributed by atoms with Crippen LogP contribution < -0.4 is 10.1 Å². The van der Waals surface area contributed by atoms with Crippen LogP contribution in [0.25, 0.3) is 0 Å². The van der Waals surface area contributed by atoms with E-state index in [1.165, 1.54) is 10.4 Å². The lowest BCUT2D eigenvalue weighted by molar-refractivity contribution is 0.312. The zero-order valence-corrected chi connectivity index (χ0v) is 13.9. The third-order valence-electron chi connectivity index (χ3n) is 3.21. The van der Waals surface area contributed by atoms with Gasteiger partial charge in [-0.05, 0) is 32.4 Å². The molecule has 1 heterocycles. The van der Waals surface area contributed by atoms with Crippen molar-refractivity contribution in [1.29, 1.82) is 0 Å². The predicted octanol–water partition coefficient (Wildman–Crippen LogP) is 4.33. The van der Waals surface area contributed by atoms with Crippen LogP contribution in [0.5, 0.6) is 5.75 Å². The van der Waals surface area contributed by atoms with Crippen LogP contribution in [0.4, 0.5) is 0 Å². The number of para-hydroxylation sites is 1. The molecule has 21 heavy (non-hydrogen) atoms. The lowest BCUT2D eigenvalue weighted by Crippen LogP contribution is -2.23. The fourth-order valence-electron chi connectivity index (χ4n) is 2.23. The average Bonchev–Trinajstić information content (AvgIpc) is 2.93. The summed E-state index contributed by atoms with van der Waals surface area (Å²) in [6.07, 6.45) is 4.09. The molecule has 0 saturated carbocycles. The van der Waals surface area contributed by atoms with Gasteiger partial charge in [-0.2, -0.15) is 0 Å². The van der Waals surface area contributed by atoms with Crippen LogP contribution >= 0.6 is 11.3 Å². The molecule has 1 unspecified atom stereocenters. The molecule has 0 radical (unpaired) electrons. The highest BCUT2D eigenvalue weighted by atomic mass is 32.1. The standard InChI is InChI=1S/C17H24N2OS/c1-4-10-18-17(16-12-19-13(3)21-16)14-8-6-7-9-15(14)20-11-5-2/h6-9,12,17-18H,4-5,10-11H2,1-3H3. The van der Waals surface area contributed by atoms with Crippen molar-refractivity contribution in [3.63, 3.8) is 0 Å². The highest BCUT2D eigenvalue weighted by molar-refractivity contribution is 7.11.